The van der Waals surface area contributed by atoms with Crippen LogP contribution in [0, 0.1) is 0 Å². The topological polar surface area (TPSA) is 54.4 Å². The van der Waals surface area contributed by atoms with Gasteiger partial charge < -0.3 is 12.4 Å². The van der Waals surface area contributed by atoms with Crippen LogP contribution in [0.1, 0.15) is 240 Å². The molecule has 5 heteroatoms. The van der Waals surface area contributed by atoms with Crippen LogP contribution in [-0.4, -0.2) is 27.2 Å². The summed E-state index contributed by atoms with van der Waals surface area (Å²) in [5.74, 6) is -0.642. The van der Waals surface area contributed by atoms with Crippen LogP contribution in [0.3, 0.4) is 0 Å². The van der Waals surface area contributed by atoms with Gasteiger partial charge >= 0.3 is 11.8 Å². The molecule has 0 aromatic carbocycles. The van der Waals surface area contributed by atoms with Crippen molar-refractivity contribution in [3.63, 3.8) is 0 Å². The Labute approximate surface area is 288 Å². The number of halogens is 1. The number of carbonyl (C=O) groups is 2. The third-order valence-corrected chi connectivity index (χ3v) is 9.68. The van der Waals surface area contributed by atoms with Crippen LogP contribution in [0.4, 0.5) is 0 Å². The van der Waals surface area contributed by atoms with E-state index < -0.39 is 10.2 Å². The van der Waals surface area contributed by atoms with Gasteiger partial charge in [-0.05, 0) is 33.6 Å². The van der Waals surface area contributed by atoms with Crippen molar-refractivity contribution in [2.75, 3.05) is 0 Å². The summed E-state index contributed by atoms with van der Waals surface area (Å²) in [4.78, 5) is 26.3. The lowest BCUT2D eigenvalue weighted by molar-refractivity contribution is -1.01. The highest BCUT2D eigenvalue weighted by Crippen LogP contribution is 2.27. The van der Waals surface area contributed by atoms with Gasteiger partial charge in [0.2, 0.25) is 0 Å². The zero-order valence-electron chi connectivity index (χ0n) is 31.2. The SMILES string of the molecule is CCCCCCCCCCCCCCCCCC(=O)[N+](O)(C(=O)CCCCCCCCCCCCCCCCC)C(C)(C)C.[Cl-]. The van der Waals surface area contributed by atoms with E-state index in [1.54, 1.807) is 0 Å². The molecule has 0 unspecified atom stereocenters. The Balaban J connectivity index is 0. The van der Waals surface area contributed by atoms with Crippen molar-refractivity contribution in [1.82, 2.24) is 0 Å². The Kier molecular flexibility index (Phi) is 33.3. The normalized spacial score (nSPS) is 12.0. The summed E-state index contributed by atoms with van der Waals surface area (Å²) in [6.07, 6.45) is 39.0. The first-order valence-electron chi connectivity index (χ1n) is 19.9. The van der Waals surface area contributed by atoms with E-state index in [1.165, 1.54) is 154 Å². The first-order chi connectivity index (χ1) is 21.2. The molecule has 45 heavy (non-hydrogen) atoms. The highest BCUT2D eigenvalue weighted by atomic mass is 35.5. The number of rotatable bonds is 32. The van der Waals surface area contributed by atoms with Gasteiger partial charge in [0.15, 0.2) is 0 Å². The lowest BCUT2D eigenvalue weighted by Crippen LogP contribution is -3.00. The molecule has 0 fully saturated rings. The number of hydrogen-bond acceptors (Lipinski definition) is 3. The number of imide groups is 1. The highest BCUT2D eigenvalue weighted by molar-refractivity contribution is 5.84. The number of quaternary nitrogens is 1. The Hall–Kier alpha value is -0.450. The van der Waals surface area contributed by atoms with Gasteiger partial charge in [-0.1, -0.05) is 198 Å². The molecule has 0 saturated carbocycles. The van der Waals surface area contributed by atoms with Gasteiger partial charge in [-0.15, -0.1) is 0 Å². The zero-order chi connectivity index (χ0) is 32.8. The van der Waals surface area contributed by atoms with Crippen molar-refractivity contribution in [2.24, 2.45) is 0 Å². The van der Waals surface area contributed by atoms with Crippen LogP contribution in [0.25, 0.3) is 0 Å². The number of amides is 2. The van der Waals surface area contributed by atoms with E-state index in [2.05, 4.69) is 13.8 Å². The molecule has 0 aromatic heterocycles. The van der Waals surface area contributed by atoms with Gasteiger partial charge in [-0.3, -0.25) is 0 Å². The van der Waals surface area contributed by atoms with Crippen molar-refractivity contribution in [2.45, 2.75) is 246 Å². The van der Waals surface area contributed by atoms with E-state index in [-0.39, 0.29) is 37.1 Å². The minimum Gasteiger partial charge on any atom is -1.00 e. The average Bonchev–Trinajstić information content (AvgIpc) is 2.99. The largest absolute Gasteiger partial charge is 1.00 e. The van der Waals surface area contributed by atoms with Gasteiger partial charge in [0.1, 0.15) is 5.54 Å². The lowest BCUT2D eigenvalue weighted by atomic mass is 10.00. The second-order valence-corrected chi connectivity index (χ2v) is 15.0. The second kappa shape index (κ2) is 32.1. The van der Waals surface area contributed by atoms with Crippen LogP contribution < -0.4 is 12.4 Å². The Morgan fingerprint density at radius 2 is 0.578 bits per heavy atom. The van der Waals surface area contributed by atoms with Gasteiger partial charge in [0, 0.05) is 0 Å². The third-order valence-electron chi connectivity index (χ3n) is 9.68. The second-order valence-electron chi connectivity index (χ2n) is 15.0. The molecule has 0 saturated heterocycles. The maximum Gasteiger partial charge on any atom is 0.353 e. The monoisotopic (exact) mass is 658 g/mol. The summed E-state index contributed by atoms with van der Waals surface area (Å²) in [6.45, 7) is 9.97. The molecule has 270 valence electrons. The average molecular weight is 659 g/mol. The molecule has 0 bridgehead atoms. The Morgan fingerprint density at radius 3 is 0.756 bits per heavy atom. The van der Waals surface area contributed by atoms with E-state index >= 15 is 0 Å². The molecule has 0 radical (unpaired) electrons. The molecule has 0 spiro atoms. The smallest absolute Gasteiger partial charge is 0.353 e. The number of hydrogen-bond donors (Lipinski definition) is 1. The maximum atomic E-state index is 13.1. The molecule has 0 rings (SSSR count). The van der Waals surface area contributed by atoms with E-state index in [0.717, 1.165) is 38.5 Å². The summed E-state index contributed by atoms with van der Waals surface area (Å²) in [5, 5.41) is 11.4. The Bertz CT molecular complexity index is 614. The van der Waals surface area contributed by atoms with Crippen molar-refractivity contribution in [3.8, 4) is 0 Å². The molecular weight excluding hydrogens is 578 g/mol. The quantitative estimate of drug-likeness (QED) is 0.0339. The van der Waals surface area contributed by atoms with Crippen LogP contribution in [0.15, 0.2) is 0 Å². The van der Waals surface area contributed by atoms with Gasteiger partial charge in [0.05, 0.1) is 12.8 Å². The van der Waals surface area contributed by atoms with E-state index in [9.17, 15) is 14.8 Å². The van der Waals surface area contributed by atoms with Crippen LogP contribution in [0.2, 0.25) is 0 Å². The summed E-state index contributed by atoms with van der Waals surface area (Å²) >= 11 is 0. The highest BCUT2D eigenvalue weighted by Gasteiger charge is 2.52. The molecular formula is C40H80ClNO3. The van der Waals surface area contributed by atoms with Crippen molar-refractivity contribution < 1.29 is 31.8 Å². The summed E-state index contributed by atoms with van der Waals surface area (Å²) in [6, 6.07) is 0. The molecule has 2 amide bonds. The molecule has 0 heterocycles. The first kappa shape index (κ1) is 46.7. The molecule has 1 N–H and O–H groups in total. The number of unbranched alkanes of at least 4 members (excludes halogenated alkanes) is 28. The minimum atomic E-state index is -1.04. The van der Waals surface area contributed by atoms with Gasteiger partial charge in [0.25, 0.3) is 0 Å². The van der Waals surface area contributed by atoms with Gasteiger partial charge in [-0.25, -0.2) is 14.8 Å². The van der Waals surface area contributed by atoms with Crippen molar-refractivity contribution >= 4 is 11.8 Å². The number of hydroxylamine groups is 3. The molecule has 0 atom stereocenters. The zero-order valence-corrected chi connectivity index (χ0v) is 32.0. The molecule has 4 nitrogen and oxygen atoms in total. The third kappa shape index (κ3) is 25.3. The summed E-state index contributed by atoms with van der Waals surface area (Å²) in [7, 11) is 0. The predicted octanol–water partition coefficient (Wildman–Crippen LogP) is 10.6. The maximum absolute atomic E-state index is 13.1. The first-order valence-corrected chi connectivity index (χ1v) is 19.9. The fourth-order valence-electron chi connectivity index (χ4n) is 6.51. The van der Waals surface area contributed by atoms with Crippen LogP contribution in [0.5, 0.6) is 0 Å². The standard InChI is InChI=1S/C40H80NO3.ClH/c1-6-8-10-12-14-16-18-20-22-24-26-28-30-32-34-36-38(42)41(44,40(3,4)5)39(43)37-35-33-31-29-27-25-23-21-19-17-15-13-11-9-7-2;/h44H,6-37H2,1-5H3;1H/q+1;/p-1. The fraction of sp³-hybridized carbons (Fsp3) is 0.950. The summed E-state index contributed by atoms with van der Waals surface area (Å²) in [5.41, 5.74) is -0.834. The van der Waals surface area contributed by atoms with Crippen LogP contribution in [-0.2, 0) is 9.59 Å². The molecule has 0 aliphatic rings. The minimum absolute atomic E-state index is 0. The lowest BCUT2D eigenvalue weighted by Gasteiger charge is -2.36. The molecule has 0 aliphatic carbocycles. The van der Waals surface area contributed by atoms with Crippen LogP contribution >= 0.6 is 0 Å². The van der Waals surface area contributed by atoms with E-state index in [1.807, 2.05) is 20.8 Å². The van der Waals surface area contributed by atoms with Crippen molar-refractivity contribution in [1.29, 1.82) is 0 Å². The van der Waals surface area contributed by atoms with Crippen molar-refractivity contribution in [3.05, 3.63) is 0 Å². The molecule has 0 aromatic rings. The number of nitrogens with zero attached hydrogens (tertiary/aromatic N) is 1. The fourth-order valence-corrected chi connectivity index (χ4v) is 6.51. The molecule has 0 aliphatic heterocycles. The van der Waals surface area contributed by atoms with E-state index in [0.29, 0.717) is 0 Å². The van der Waals surface area contributed by atoms with E-state index in [4.69, 9.17) is 0 Å². The number of carbonyl (C=O) groups excluding carboxylic acids is 2. The Morgan fingerprint density at radius 1 is 0.400 bits per heavy atom. The van der Waals surface area contributed by atoms with Gasteiger partial charge in [-0.2, -0.15) is 0 Å². The predicted molar refractivity (Wildman–Crippen MR) is 191 cm³/mol. The summed E-state index contributed by atoms with van der Waals surface area (Å²) < 4.78 is -1.04.